The van der Waals surface area contributed by atoms with Crippen LogP contribution in [0.2, 0.25) is 10.3 Å². The molecule has 98 valence electrons. The van der Waals surface area contributed by atoms with Crippen molar-refractivity contribution in [3.8, 4) is 0 Å². The minimum atomic E-state index is -0.264. The van der Waals surface area contributed by atoms with E-state index in [1.165, 1.54) is 0 Å². The monoisotopic (exact) mass is 295 g/mol. The van der Waals surface area contributed by atoms with Crippen LogP contribution >= 0.6 is 23.2 Å². The minimum Gasteiger partial charge on any atom is -0.319 e. The maximum atomic E-state index is 12.1. The van der Waals surface area contributed by atoms with E-state index in [-0.39, 0.29) is 11.1 Å². The second kappa shape index (κ2) is 5.55. The van der Waals surface area contributed by atoms with E-state index in [4.69, 9.17) is 23.2 Å². The Bertz CT molecular complexity index is 621. The molecule has 2 aromatic heterocycles. The Morgan fingerprint density at radius 1 is 1.26 bits per heavy atom. The topological polar surface area (TPSA) is 54.9 Å². The normalized spacial score (nSPS) is 10.3. The van der Waals surface area contributed by atoms with Gasteiger partial charge >= 0.3 is 0 Å². The molecule has 0 bridgehead atoms. The van der Waals surface area contributed by atoms with Gasteiger partial charge in [-0.2, -0.15) is 0 Å². The largest absolute Gasteiger partial charge is 0.319 e. The molecule has 2 heterocycles. The molecule has 0 saturated carbocycles. The number of anilines is 1. The standard InChI is InChI=1S/C13H11Cl2N3O/c1-7-5-10(14)17-12(15)11(7)18-13(19)9-3-4-16-8(2)6-9/h3-6H,1-2H3,(H,18,19). The number of amides is 1. The molecule has 0 unspecified atom stereocenters. The Morgan fingerprint density at radius 3 is 2.63 bits per heavy atom. The average molecular weight is 296 g/mol. The van der Waals surface area contributed by atoms with Crippen LogP contribution in [-0.2, 0) is 0 Å². The van der Waals surface area contributed by atoms with Crippen molar-refractivity contribution in [3.63, 3.8) is 0 Å². The first kappa shape index (κ1) is 13.8. The molecule has 19 heavy (non-hydrogen) atoms. The first-order valence-corrected chi connectivity index (χ1v) is 6.29. The Hall–Kier alpha value is -1.65. The first-order chi connectivity index (χ1) is 8.97. The summed E-state index contributed by atoms with van der Waals surface area (Å²) in [6, 6.07) is 4.97. The van der Waals surface area contributed by atoms with E-state index in [0.717, 1.165) is 11.3 Å². The number of halogens is 2. The van der Waals surface area contributed by atoms with Gasteiger partial charge in [0.15, 0.2) is 5.15 Å². The van der Waals surface area contributed by atoms with Gasteiger partial charge in [0.05, 0.1) is 5.69 Å². The van der Waals surface area contributed by atoms with Gasteiger partial charge in [-0.1, -0.05) is 23.2 Å². The second-order valence-corrected chi connectivity index (χ2v) is 4.81. The molecule has 2 aromatic rings. The second-order valence-electron chi connectivity index (χ2n) is 4.07. The number of rotatable bonds is 2. The van der Waals surface area contributed by atoms with Crippen molar-refractivity contribution < 1.29 is 4.79 Å². The highest BCUT2D eigenvalue weighted by Crippen LogP contribution is 2.26. The Morgan fingerprint density at radius 2 is 2.00 bits per heavy atom. The summed E-state index contributed by atoms with van der Waals surface area (Å²) in [4.78, 5) is 20.0. The number of pyridine rings is 2. The highest BCUT2D eigenvalue weighted by atomic mass is 35.5. The lowest BCUT2D eigenvalue weighted by Gasteiger charge is -2.10. The van der Waals surface area contributed by atoms with Gasteiger partial charge in [-0.3, -0.25) is 9.78 Å². The molecule has 6 heteroatoms. The van der Waals surface area contributed by atoms with Crippen molar-refractivity contribution >= 4 is 34.8 Å². The molecule has 0 aliphatic heterocycles. The Balaban J connectivity index is 2.29. The predicted molar refractivity (Wildman–Crippen MR) is 75.9 cm³/mol. The van der Waals surface area contributed by atoms with Gasteiger partial charge in [-0.15, -0.1) is 0 Å². The first-order valence-electron chi connectivity index (χ1n) is 5.54. The molecule has 0 fully saturated rings. The fraction of sp³-hybridized carbons (Fsp3) is 0.154. The Labute approximate surface area is 120 Å². The maximum absolute atomic E-state index is 12.1. The summed E-state index contributed by atoms with van der Waals surface area (Å²) in [6.07, 6.45) is 1.58. The quantitative estimate of drug-likeness (QED) is 0.861. The minimum absolute atomic E-state index is 0.170. The van der Waals surface area contributed by atoms with Crippen molar-refractivity contribution in [2.75, 3.05) is 5.32 Å². The lowest BCUT2D eigenvalue weighted by atomic mass is 10.2. The molecule has 1 N–H and O–H groups in total. The van der Waals surface area contributed by atoms with Crippen molar-refractivity contribution in [2.24, 2.45) is 0 Å². The zero-order chi connectivity index (χ0) is 14.0. The van der Waals surface area contributed by atoms with Crippen molar-refractivity contribution in [3.05, 3.63) is 51.5 Å². The van der Waals surface area contributed by atoms with Crippen LogP contribution < -0.4 is 5.32 Å². The summed E-state index contributed by atoms with van der Waals surface area (Å²) >= 11 is 11.8. The lowest BCUT2D eigenvalue weighted by Crippen LogP contribution is -2.14. The average Bonchev–Trinajstić information content (AvgIpc) is 2.33. The summed E-state index contributed by atoms with van der Waals surface area (Å²) in [5, 5.41) is 3.19. The molecule has 4 nitrogen and oxygen atoms in total. The van der Waals surface area contributed by atoms with E-state index in [9.17, 15) is 4.79 Å². The van der Waals surface area contributed by atoms with Crippen LogP contribution in [-0.4, -0.2) is 15.9 Å². The van der Waals surface area contributed by atoms with Crippen LogP contribution in [0.25, 0.3) is 0 Å². The van der Waals surface area contributed by atoms with Crippen LogP contribution in [0.4, 0.5) is 5.69 Å². The van der Waals surface area contributed by atoms with E-state index in [1.54, 1.807) is 31.3 Å². The summed E-state index contributed by atoms with van der Waals surface area (Å²) < 4.78 is 0. The molecular weight excluding hydrogens is 285 g/mol. The number of hydrogen-bond acceptors (Lipinski definition) is 3. The third-order valence-electron chi connectivity index (χ3n) is 2.54. The molecule has 0 aliphatic rings. The van der Waals surface area contributed by atoms with Gasteiger partial charge in [0.1, 0.15) is 5.15 Å². The van der Waals surface area contributed by atoms with Gasteiger partial charge in [-0.25, -0.2) is 4.98 Å². The lowest BCUT2D eigenvalue weighted by molar-refractivity contribution is 0.102. The predicted octanol–water partition coefficient (Wildman–Crippen LogP) is 3.65. The van der Waals surface area contributed by atoms with E-state index in [1.807, 2.05) is 6.92 Å². The fourth-order valence-corrected chi connectivity index (χ4v) is 2.20. The molecule has 0 saturated heterocycles. The number of nitrogens with zero attached hydrogens (tertiary/aromatic N) is 2. The number of nitrogens with one attached hydrogen (secondary N) is 1. The van der Waals surface area contributed by atoms with Crippen LogP contribution in [0.5, 0.6) is 0 Å². The van der Waals surface area contributed by atoms with E-state index in [2.05, 4.69) is 15.3 Å². The molecule has 0 radical (unpaired) electrons. The molecule has 2 rings (SSSR count). The van der Waals surface area contributed by atoms with Crippen LogP contribution in [0, 0.1) is 13.8 Å². The molecular formula is C13H11Cl2N3O. The summed E-state index contributed by atoms with van der Waals surface area (Å²) in [5.74, 6) is -0.264. The van der Waals surface area contributed by atoms with Gasteiger partial charge < -0.3 is 5.32 Å². The van der Waals surface area contributed by atoms with Gasteiger partial charge in [-0.05, 0) is 37.6 Å². The van der Waals surface area contributed by atoms with Crippen LogP contribution in [0.15, 0.2) is 24.4 Å². The number of carbonyl (C=O) groups excluding carboxylic acids is 1. The van der Waals surface area contributed by atoms with Crippen molar-refractivity contribution in [2.45, 2.75) is 13.8 Å². The molecule has 0 spiro atoms. The van der Waals surface area contributed by atoms with Gasteiger partial charge in [0, 0.05) is 17.5 Å². The van der Waals surface area contributed by atoms with Crippen molar-refractivity contribution in [1.82, 2.24) is 9.97 Å². The number of aromatic nitrogens is 2. The zero-order valence-corrected chi connectivity index (χ0v) is 11.9. The highest BCUT2D eigenvalue weighted by Gasteiger charge is 2.12. The van der Waals surface area contributed by atoms with Crippen LogP contribution in [0.1, 0.15) is 21.6 Å². The highest BCUT2D eigenvalue weighted by molar-refractivity contribution is 6.35. The molecule has 0 aliphatic carbocycles. The molecule has 1 amide bonds. The smallest absolute Gasteiger partial charge is 0.255 e. The maximum Gasteiger partial charge on any atom is 0.255 e. The third-order valence-corrected chi connectivity index (χ3v) is 3.01. The zero-order valence-electron chi connectivity index (χ0n) is 10.4. The van der Waals surface area contributed by atoms with Crippen molar-refractivity contribution in [1.29, 1.82) is 0 Å². The fourth-order valence-electron chi connectivity index (χ4n) is 1.62. The van der Waals surface area contributed by atoms with Gasteiger partial charge in [0.25, 0.3) is 5.91 Å². The summed E-state index contributed by atoms with van der Waals surface area (Å²) in [6.45, 7) is 3.62. The summed E-state index contributed by atoms with van der Waals surface area (Å²) in [7, 11) is 0. The third kappa shape index (κ3) is 3.22. The van der Waals surface area contributed by atoms with E-state index >= 15 is 0 Å². The SMILES string of the molecule is Cc1cc(C(=O)Nc2c(C)cc(Cl)nc2Cl)ccn1. The van der Waals surface area contributed by atoms with Gasteiger partial charge in [0.2, 0.25) is 0 Å². The number of carbonyl (C=O) groups is 1. The molecule has 0 atom stereocenters. The molecule has 0 aromatic carbocycles. The number of hydrogen-bond donors (Lipinski definition) is 1. The van der Waals surface area contributed by atoms with E-state index in [0.29, 0.717) is 16.4 Å². The van der Waals surface area contributed by atoms with E-state index < -0.39 is 0 Å². The Kier molecular flexibility index (Phi) is 4.02. The van der Waals surface area contributed by atoms with Crippen LogP contribution in [0.3, 0.4) is 0 Å². The summed E-state index contributed by atoms with van der Waals surface area (Å²) in [5.41, 5.74) is 2.50. The number of aryl methyl sites for hydroxylation is 2.